The summed E-state index contributed by atoms with van der Waals surface area (Å²) in [4.78, 5) is 5.55. The van der Waals surface area contributed by atoms with Gasteiger partial charge in [0.1, 0.15) is 0 Å². The molecule has 2 aliphatic heterocycles. The lowest BCUT2D eigenvalue weighted by atomic mass is 10.2. The van der Waals surface area contributed by atoms with Crippen LogP contribution in [-0.4, -0.2) is 48.1 Å². The van der Waals surface area contributed by atoms with Crippen molar-refractivity contribution in [3.63, 3.8) is 0 Å². The molecule has 3 unspecified atom stereocenters. The highest BCUT2D eigenvalue weighted by molar-refractivity contribution is 4.97. The Morgan fingerprint density at radius 1 is 1.07 bits per heavy atom. The lowest BCUT2D eigenvalue weighted by Gasteiger charge is -2.25. The van der Waals surface area contributed by atoms with E-state index < -0.39 is 0 Å². The topological polar surface area (TPSA) is 6.48 Å². The number of nitrogens with zero attached hydrogens (tertiary/aromatic N) is 2. The third-order valence-electron chi connectivity index (χ3n) is 4.71. The minimum absolute atomic E-state index is 0.908. The van der Waals surface area contributed by atoms with Crippen molar-refractivity contribution in [2.24, 2.45) is 5.92 Å². The zero-order chi connectivity index (χ0) is 10.3. The van der Waals surface area contributed by atoms with E-state index in [1.54, 1.807) is 0 Å². The molecule has 2 heterocycles. The molecular formula is C13H24N2. The summed E-state index contributed by atoms with van der Waals surface area (Å²) in [5.74, 6) is 1.04. The van der Waals surface area contributed by atoms with E-state index in [1.807, 2.05) is 0 Å². The minimum Gasteiger partial charge on any atom is -0.299 e. The van der Waals surface area contributed by atoms with Crippen molar-refractivity contribution in [3.8, 4) is 0 Å². The van der Waals surface area contributed by atoms with Gasteiger partial charge in [0.25, 0.3) is 0 Å². The second kappa shape index (κ2) is 4.06. The van der Waals surface area contributed by atoms with E-state index in [9.17, 15) is 0 Å². The molecular weight excluding hydrogens is 184 g/mol. The van der Waals surface area contributed by atoms with E-state index in [2.05, 4.69) is 16.7 Å². The van der Waals surface area contributed by atoms with Crippen LogP contribution >= 0.6 is 0 Å². The van der Waals surface area contributed by atoms with Gasteiger partial charge in [-0.15, -0.1) is 0 Å². The minimum atomic E-state index is 0.908. The Bertz CT molecular complexity index is 229. The normalized spacial score (nSPS) is 42.6. The van der Waals surface area contributed by atoms with Gasteiger partial charge in [-0.25, -0.2) is 0 Å². The molecule has 1 saturated carbocycles. The van der Waals surface area contributed by atoms with Crippen molar-refractivity contribution >= 4 is 0 Å². The van der Waals surface area contributed by atoms with Gasteiger partial charge >= 0.3 is 0 Å². The summed E-state index contributed by atoms with van der Waals surface area (Å²) >= 11 is 0. The third kappa shape index (κ3) is 1.94. The Morgan fingerprint density at radius 2 is 1.87 bits per heavy atom. The van der Waals surface area contributed by atoms with Crippen molar-refractivity contribution < 1.29 is 0 Å². The largest absolute Gasteiger partial charge is 0.299 e. The fourth-order valence-electron chi connectivity index (χ4n) is 3.65. The van der Waals surface area contributed by atoms with Gasteiger partial charge in [0.05, 0.1) is 0 Å². The molecule has 3 aliphatic rings. The van der Waals surface area contributed by atoms with Crippen molar-refractivity contribution in [2.45, 2.75) is 51.1 Å². The maximum absolute atomic E-state index is 2.81. The van der Waals surface area contributed by atoms with Crippen LogP contribution in [0, 0.1) is 5.92 Å². The van der Waals surface area contributed by atoms with Crippen LogP contribution in [0.4, 0.5) is 0 Å². The molecule has 3 rings (SSSR count). The molecule has 0 aromatic carbocycles. The molecule has 86 valence electrons. The first-order chi connectivity index (χ1) is 7.38. The van der Waals surface area contributed by atoms with E-state index >= 15 is 0 Å². The van der Waals surface area contributed by atoms with E-state index in [0.29, 0.717) is 0 Å². The van der Waals surface area contributed by atoms with Gasteiger partial charge in [-0.3, -0.25) is 9.80 Å². The second-order valence-corrected chi connectivity index (χ2v) is 5.65. The second-order valence-electron chi connectivity index (χ2n) is 5.65. The van der Waals surface area contributed by atoms with Gasteiger partial charge < -0.3 is 0 Å². The average molecular weight is 208 g/mol. The third-order valence-corrected chi connectivity index (χ3v) is 4.71. The van der Waals surface area contributed by atoms with E-state index in [-0.39, 0.29) is 0 Å². The highest BCUT2D eigenvalue weighted by atomic mass is 15.3. The summed E-state index contributed by atoms with van der Waals surface area (Å²) in [6.45, 7) is 7.84. The van der Waals surface area contributed by atoms with Gasteiger partial charge in [-0.05, 0) is 51.2 Å². The molecule has 0 N–H and O–H groups in total. The first-order valence-corrected chi connectivity index (χ1v) is 6.86. The number of hydrogen-bond donors (Lipinski definition) is 0. The Hall–Kier alpha value is -0.0800. The lowest BCUT2D eigenvalue weighted by molar-refractivity contribution is 0.208. The molecule has 0 amide bonds. The van der Waals surface area contributed by atoms with Crippen LogP contribution in [0.15, 0.2) is 0 Å². The Kier molecular flexibility index (Phi) is 2.73. The summed E-state index contributed by atoms with van der Waals surface area (Å²) in [6.07, 6.45) is 7.20. The van der Waals surface area contributed by atoms with Crippen LogP contribution in [0.25, 0.3) is 0 Å². The van der Waals surface area contributed by atoms with Gasteiger partial charge in [-0.1, -0.05) is 13.3 Å². The predicted octanol–water partition coefficient (Wildman–Crippen LogP) is 1.96. The molecule has 15 heavy (non-hydrogen) atoms. The Balaban J connectivity index is 1.61. The zero-order valence-corrected chi connectivity index (χ0v) is 9.99. The standard InChI is InChI=1S/C13H24N2/c1-2-11-9-13(11)15-8-4-7-14-6-3-5-12(14)10-15/h11-13H,2-10H2,1H3. The molecule has 2 saturated heterocycles. The quantitative estimate of drug-likeness (QED) is 0.684. The van der Waals surface area contributed by atoms with Gasteiger partial charge in [-0.2, -0.15) is 0 Å². The zero-order valence-electron chi connectivity index (χ0n) is 9.99. The molecule has 3 fully saturated rings. The van der Waals surface area contributed by atoms with E-state index in [0.717, 1.165) is 18.0 Å². The fourth-order valence-corrected chi connectivity index (χ4v) is 3.65. The highest BCUT2D eigenvalue weighted by Crippen LogP contribution is 2.39. The first kappa shape index (κ1) is 10.1. The molecule has 0 spiro atoms. The molecule has 0 aromatic heterocycles. The van der Waals surface area contributed by atoms with Crippen molar-refractivity contribution in [3.05, 3.63) is 0 Å². The summed E-state index contributed by atoms with van der Waals surface area (Å²) in [5.41, 5.74) is 0. The maximum Gasteiger partial charge on any atom is 0.0223 e. The highest BCUT2D eigenvalue weighted by Gasteiger charge is 2.42. The van der Waals surface area contributed by atoms with Crippen molar-refractivity contribution in [2.75, 3.05) is 26.2 Å². The monoisotopic (exact) mass is 208 g/mol. The van der Waals surface area contributed by atoms with Gasteiger partial charge in [0.15, 0.2) is 0 Å². The van der Waals surface area contributed by atoms with E-state index in [1.165, 1.54) is 58.3 Å². The van der Waals surface area contributed by atoms with Crippen molar-refractivity contribution in [1.29, 1.82) is 0 Å². The Labute approximate surface area is 93.6 Å². The number of fused-ring (bicyclic) bond motifs is 1. The number of rotatable bonds is 2. The smallest absolute Gasteiger partial charge is 0.0223 e. The van der Waals surface area contributed by atoms with Crippen LogP contribution in [0.3, 0.4) is 0 Å². The summed E-state index contributed by atoms with van der Waals surface area (Å²) in [7, 11) is 0. The molecule has 2 heteroatoms. The number of hydrogen-bond acceptors (Lipinski definition) is 2. The van der Waals surface area contributed by atoms with Gasteiger partial charge in [0.2, 0.25) is 0 Å². The molecule has 3 atom stereocenters. The summed E-state index contributed by atoms with van der Waals surface area (Å²) in [6, 6.07) is 1.88. The lowest BCUT2D eigenvalue weighted by Crippen LogP contribution is -2.38. The van der Waals surface area contributed by atoms with Crippen LogP contribution in [0.5, 0.6) is 0 Å². The molecule has 0 radical (unpaired) electrons. The first-order valence-electron chi connectivity index (χ1n) is 6.86. The van der Waals surface area contributed by atoms with E-state index in [4.69, 9.17) is 0 Å². The summed E-state index contributed by atoms with van der Waals surface area (Å²) in [5, 5.41) is 0. The van der Waals surface area contributed by atoms with Crippen LogP contribution in [0.2, 0.25) is 0 Å². The molecule has 1 aliphatic carbocycles. The van der Waals surface area contributed by atoms with Crippen molar-refractivity contribution in [1.82, 2.24) is 9.80 Å². The predicted molar refractivity (Wildman–Crippen MR) is 63.0 cm³/mol. The van der Waals surface area contributed by atoms with Crippen LogP contribution < -0.4 is 0 Å². The molecule has 0 aromatic rings. The molecule has 2 nitrogen and oxygen atoms in total. The van der Waals surface area contributed by atoms with Crippen LogP contribution in [-0.2, 0) is 0 Å². The SMILES string of the molecule is CCC1CC1N1CCCN2CCCC2C1. The Morgan fingerprint density at radius 3 is 2.67 bits per heavy atom. The molecule has 0 bridgehead atoms. The fraction of sp³-hybridized carbons (Fsp3) is 1.00. The average Bonchev–Trinajstić information content (AvgIpc) is 2.96. The summed E-state index contributed by atoms with van der Waals surface area (Å²) < 4.78 is 0. The maximum atomic E-state index is 2.81. The van der Waals surface area contributed by atoms with Crippen LogP contribution in [0.1, 0.15) is 39.0 Å². The van der Waals surface area contributed by atoms with Gasteiger partial charge in [0, 0.05) is 18.6 Å².